The second-order valence-electron chi connectivity index (χ2n) is 8.44. The first-order valence-electron chi connectivity index (χ1n) is 11.6. The second-order valence-corrected chi connectivity index (χ2v) is 10.7. The Bertz CT molecular complexity index is 1350. The number of carbonyl (C=O) groups excluding carboxylic acids is 2. The molecule has 0 heterocycles. The van der Waals surface area contributed by atoms with Gasteiger partial charge in [-0.05, 0) is 61.4 Å². The summed E-state index contributed by atoms with van der Waals surface area (Å²) in [6.07, 6.45) is 0. The molecule has 196 valence electrons. The van der Waals surface area contributed by atoms with Crippen LogP contribution in [0.5, 0.6) is 5.75 Å². The summed E-state index contributed by atoms with van der Waals surface area (Å²) < 4.78 is 34.1. The van der Waals surface area contributed by atoms with Crippen molar-refractivity contribution in [3.05, 3.63) is 88.9 Å². The zero-order chi connectivity index (χ0) is 27.2. The SMILES string of the molecule is CNC(=O)[C@@H](C)N(Cc1ccc(Cl)cc1)C(=O)CN(c1cc(C)ccc1OC)S(=O)(=O)c1ccccc1. The molecule has 0 unspecified atom stereocenters. The summed E-state index contributed by atoms with van der Waals surface area (Å²) in [6, 6.07) is 19.0. The molecular weight excluding hydrogens is 514 g/mol. The van der Waals surface area contributed by atoms with Gasteiger partial charge in [-0.1, -0.05) is 48.0 Å². The molecular formula is C27H30ClN3O5S. The second kappa shape index (κ2) is 12.1. The van der Waals surface area contributed by atoms with Crippen LogP contribution in [0, 0.1) is 6.92 Å². The molecule has 37 heavy (non-hydrogen) atoms. The normalized spacial score (nSPS) is 11.9. The lowest BCUT2D eigenvalue weighted by Crippen LogP contribution is -2.50. The van der Waals surface area contributed by atoms with Crippen LogP contribution in [0.4, 0.5) is 5.69 Å². The number of anilines is 1. The number of rotatable bonds is 10. The third-order valence-electron chi connectivity index (χ3n) is 5.89. The van der Waals surface area contributed by atoms with Crippen molar-refractivity contribution in [2.45, 2.75) is 31.3 Å². The molecule has 1 N–H and O–H groups in total. The summed E-state index contributed by atoms with van der Waals surface area (Å²) in [5.41, 5.74) is 1.74. The minimum atomic E-state index is -4.17. The number of amides is 2. The average molecular weight is 544 g/mol. The van der Waals surface area contributed by atoms with Crippen molar-refractivity contribution < 1.29 is 22.7 Å². The lowest BCUT2D eigenvalue weighted by Gasteiger charge is -2.32. The summed E-state index contributed by atoms with van der Waals surface area (Å²) >= 11 is 6.00. The molecule has 0 spiro atoms. The molecule has 0 aliphatic carbocycles. The molecule has 2 amide bonds. The van der Waals surface area contributed by atoms with E-state index >= 15 is 0 Å². The van der Waals surface area contributed by atoms with E-state index in [9.17, 15) is 18.0 Å². The van der Waals surface area contributed by atoms with Gasteiger partial charge in [-0.15, -0.1) is 0 Å². The highest BCUT2D eigenvalue weighted by Gasteiger charge is 2.33. The molecule has 0 radical (unpaired) electrons. The number of nitrogens with one attached hydrogen (secondary N) is 1. The van der Waals surface area contributed by atoms with Gasteiger partial charge in [0.05, 0.1) is 17.7 Å². The molecule has 8 nitrogen and oxygen atoms in total. The number of benzene rings is 3. The van der Waals surface area contributed by atoms with Crippen LogP contribution in [-0.4, -0.2) is 51.9 Å². The topological polar surface area (TPSA) is 96.0 Å². The fourth-order valence-corrected chi connectivity index (χ4v) is 5.37. The Balaban J connectivity index is 2.09. The highest BCUT2D eigenvalue weighted by atomic mass is 35.5. The highest BCUT2D eigenvalue weighted by Crippen LogP contribution is 2.33. The quantitative estimate of drug-likeness (QED) is 0.417. The highest BCUT2D eigenvalue weighted by molar-refractivity contribution is 7.92. The number of hydrogen-bond donors (Lipinski definition) is 1. The predicted molar refractivity (Wildman–Crippen MR) is 144 cm³/mol. The number of aryl methyl sites for hydroxylation is 1. The van der Waals surface area contributed by atoms with Crippen LogP contribution < -0.4 is 14.4 Å². The Morgan fingerprint density at radius 3 is 2.27 bits per heavy atom. The van der Waals surface area contributed by atoms with Crippen LogP contribution in [-0.2, 0) is 26.2 Å². The number of ether oxygens (including phenoxy) is 1. The first-order chi connectivity index (χ1) is 17.6. The Morgan fingerprint density at radius 1 is 1.03 bits per heavy atom. The van der Waals surface area contributed by atoms with Gasteiger partial charge in [0.2, 0.25) is 11.8 Å². The van der Waals surface area contributed by atoms with E-state index in [0.29, 0.717) is 10.8 Å². The van der Waals surface area contributed by atoms with E-state index in [2.05, 4.69) is 5.32 Å². The zero-order valence-electron chi connectivity index (χ0n) is 21.1. The van der Waals surface area contributed by atoms with Crippen LogP contribution in [0.25, 0.3) is 0 Å². The number of likely N-dealkylation sites (N-methyl/N-ethyl adjacent to an activating group) is 1. The number of nitrogens with zero attached hydrogens (tertiary/aromatic N) is 2. The van der Waals surface area contributed by atoms with Gasteiger partial charge < -0.3 is 15.0 Å². The van der Waals surface area contributed by atoms with E-state index in [4.69, 9.17) is 16.3 Å². The van der Waals surface area contributed by atoms with Crippen molar-refractivity contribution in [1.29, 1.82) is 0 Å². The van der Waals surface area contributed by atoms with Crippen molar-refractivity contribution >= 4 is 39.1 Å². The fourth-order valence-electron chi connectivity index (χ4n) is 3.81. The average Bonchev–Trinajstić information content (AvgIpc) is 2.90. The first-order valence-corrected chi connectivity index (χ1v) is 13.4. The van der Waals surface area contributed by atoms with E-state index in [-0.39, 0.29) is 23.0 Å². The molecule has 1 atom stereocenters. The molecule has 10 heteroatoms. The molecule has 0 saturated carbocycles. The minimum absolute atomic E-state index is 0.0231. The van der Waals surface area contributed by atoms with Crippen LogP contribution in [0.3, 0.4) is 0 Å². The van der Waals surface area contributed by atoms with Crippen LogP contribution in [0.2, 0.25) is 5.02 Å². The summed E-state index contributed by atoms with van der Waals surface area (Å²) in [5, 5.41) is 3.09. The van der Waals surface area contributed by atoms with Gasteiger partial charge in [-0.2, -0.15) is 0 Å². The Morgan fingerprint density at radius 2 is 1.68 bits per heavy atom. The standard InChI is InChI=1S/C27H30ClN3O5S/c1-19-10-15-25(36-4)24(16-19)31(37(34,35)23-8-6-5-7-9-23)18-26(32)30(20(2)27(33)29-3)17-21-11-13-22(28)14-12-21/h5-16,20H,17-18H2,1-4H3,(H,29,33)/t20-/m1/s1. The third-order valence-corrected chi connectivity index (χ3v) is 7.92. The van der Waals surface area contributed by atoms with Gasteiger partial charge in [-0.3, -0.25) is 13.9 Å². The van der Waals surface area contributed by atoms with Gasteiger partial charge in [0.25, 0.3) is 10.0 Å². The van der Waals surface area contributed by atoms with E-state index in [1.54, 1.807) is 67.6 Å². The van der Waals surface area contributed by atoms with E-state index in [0.717, 1.165) is 15.4 Å². The number of halogens is 1. The lowest BCUT2D eigenvalue weighted by atomic mass is 10.1. The molecule has 3 aromatic carbocycles. The van der Waals surface area contributed by atoms with Gasteiger partial charge in [0, 0.05) is 18.6 Å². The predicted octanol–water partition coefficient (Wildman–Crippen LogP) is 4.02. The molecule has 3 aromatic rings. The number of carbonyl (C=O) groups is 2. The van der Waals surface area contributed by atoms with Crippen molar-refractivity contribution in [2.75, 3.05) is 25.0 Å². The molecule has 0 bridgehead atoms. The van der Waals surface area contributed by atoms with Crippen LogP contribution in [0.1, 0.15) is 18.1 Å². The van der Waals surface area contributed by atoms with Crippen LogP contribution in [0.15, 0.2) is 77.7 Å². The molecule has 0 aliphatic rings. The van der Waals surface area contributed by atoms with Gasteiger partial charge in [0.1, 0.15) is 18.3 Å². The molecule has 0 saturated heterocycles. The molecule has 0 aliphatic heterocycles. The summed E-state index contributed by atoms with van der Waals surface area (Å²) in [7, 11) is -1.26. The fraction of sp³-hybridized carbons (Fsp3) is 0.259. The van der Waals surface area contributed by atoms with E-state index < -0.39 is 28.5 Å². The van der Waals surface area contributed by atoms with Crippen molar-refractivity contribution in [3.8, 4) is 5.75 Å². The van der Waals surface area contributed by atoms with Gasteiger partial charge in [-0.25, -0.2) is 8.42 Å². The molecule has 0 fully saturated rings. The minimum Gasteiger partial charge on any atom is -0.495 e. The van der Waals surface area contributed by atoms with E-state index in [1.807, 2.05) is 6.92 Å². The Kier molecular flexibility index (Phi) is 9.18. The van der Waals surface area contributed by atoms with E-state index in [1.165, 1.54) is 31.2 Å². The number of sulfonamides is 1. The van der Waals surface area contributed by atoms with Crippen molar-refractivity contribution in [3.63, 3.8) is 0 Å². The van der Waals surface area contributed by atoms with Crippen LogP contribution >= 0.6 is 11.6 Å². The largest absolute Gasteiger partial charge is 0.495 e. The lowest BCUT2D eigenvalue weighted by molar-refractivity contribution is -0.139. The number of methoxy groups -OCH3 is 1. The van der Waals surface area contributed by atoms with Crippen molar-refractivity contribution in [1.82, 2.24) is 10.2 Å². The maximum absolute atomic E-state index is 13.8. The molecule has 3 rings (SSSR count). The summed E-state index contributed by atoms with van der Waals surface area (Å²) in [5.74, 6) is -0.650. The van der Waals surface area contributed by atoms with Gasteiger partial charge in [0.15, 0.2) is 0 Å². The molecule has 0 aromatic heterocycles. The monoisotopic (exact) mass is 543 g/mol. The first kappa shape index (κ1) is 28.0. The zero-order valence-corrected chi connectivity index (χ0v) is 22.7. The maximum Gasteiger partial charge on any atom is 0.264 e. The Labute approximate surface area is 222 Å². The maximum atomic E-state index is 13.8. The third kappa shape index (κ3) is 6.61. The summed E-state index contributed by atoms with van der Waals surface area (Å²) in [6.45, 7) is 2.94. The smallest absolute Gasteiger partial charge is 0.264 e. The number of hydrogen-bond acceptors (Lipinski definition) is 5. The van der Waals surface area contributed by atoms with Gasteiger partial charge >= 0.3 is 0 Å². The van der Waals surface area contributed by atoms with Crippen molar-refractivity contribution in [2.24, 2.45) is 0 Å². The summed E-state index contributed by atoms with van der Waals surface area (Å²) in [4.78, 5) is 27.7. The Hall–Kier alpha value is -3.56.